The normalized spacial score (nSPS) is 20.4. The van der Waals surface area contributed by atoms with E-state index in [0.717, 1.165) is 0 Å². The summed E-state index contributed by atoms with van der Waals surface area (Å²) in [5.74, 6) is 0. The number of alkyl halides is 1. The first-order valence-corrected chi connectivity index (χ1v) is 7.26. The Morgan fingerprint density at radius 2 is 1.65 bits per heavy atom. The lowest BCUT2D eigenvalue weighted by atomic mass is 10.2. The Morgan fingerprint density at radius 1 is 1.24 bits per heavy atom. The molecule has 0 aromatic heterocycles. The van der Waals surface area contributed by atoms with Crippen LogP contribution < -0.4 is 0 Å². The van der Waals surface area contributed by atoms with E-state index < -0.39 is 45.3 Å². The Balaban J connectivity index is 5.84. The van der Waals surface area contributed by atoms with Crippen LogP contribution in [-0.4, -0.2) is 59.9 Å². The number of carbonyl (C=O) groups is 1. The van der Waals surface area contributed by atoms with Crippen molar-refractivity contribution in [3.05, 3.63) is 0 Å². The van der Waals surface area contributed by atoms with E-state index in [1.165, 1.54) is 0 Å². The maximum atomic E-state index is 13.7. The maximum Gasteiger partial charge on any atom is 0.370 e. The number of rotatable bonds is 6. The number of halogens is 1. The number of hydrogen-bond acceptors (Lipinski definition) is 5. The molecule has 17 heavy (non-hydrogen) atoms. The van der Waals surface area contributed by atoms with Gasteiger partial charge >= 0.3 is 15.2 Å². The third kappa shape index (κ3) is 3.40. The van der Waals surface area contributed by atoms with Gasteiger partial charge in [-0.25, -0.2) is 4.39 Å². The van der Waals surface area contributed by atoms with Crippen molar-refractivity contribution in [2.45, 2.75) is 17.2 Å². The summed E-state index contributed by atoms with van der Waals surface area (Å²) in [5, 5.41) is 13.2. The zero-order valence-corrected chi connectivity index (χ0v) is 9.91. The molecule has 9 nitrogen and oxygen atoms in total. The molecular formula is C5H11FO9P2. The summed E-state index contributed by atoms with van der Waals surface area (Å²) in [4.78, 5) is 45.0. The average molecular weight is 296 g/mol. The fourth-order valence-corrected chi connectivity index (χ4v) is 3.77. The predicted octanol–water partition coefficient (Wildman–Crippen LogP) is -2.07. The molecule has 0 bridgehead atoms. The van der Waals surface area contributed by atoms with E-state index in [2.05, 4.69) is 0 Å². The lowest BCUT2D eigenvalue weighted by molar-refractivity contribution is -0.116. The van der Waals surface area contributed by atoms with Gasteiger partial charge in [-0.1, -0.05) is 0 Å². The quantitative estimate of drug-likeness (QED) is 0.238. The van der Waals surface area contributed by atoms with Crippen LogP contribution in [0.2, 0.25) is 0 Å². The number of hydrogen-bond donors (Lipinski definition) is 6. The van der Waals surface area contributed by atoms with Crippen molar-refractivity contribution in [1.29, 1.82) is 0 Å². The van der Waals surface area contributed by atoms with E-state index in [1.54, 1.807) is 0 Å². The highest BCUT2D eigenvalue weighted by Crippen LogP contribution is 2.62. The van der Waals surface area contributed by atoms with Gasteiger partial charge in [-0.2, -0.15) is 0 Å². The standard InChI is InChI=1S/C5H11FO9P2/c6-5(2-8,17(13,14)15)4(3(9)1-7)16(10,11)12/h2-4,7,9H,1H2,(H2,10,11,12)(H2,13,14,15)/t3-,4-,5+/m1/s1. The minimum atomic E-state index is -5.91. The first-order chi connectivity index (χ1) is 7.41. The van der Waals surface area contributed by atoms with E-state index >= 15 is 0 Å². The van der Waals surface area contributed by atoms with Gasteiger partial charge in [-0.15, -0.1) is 0 Å². The number of aliphatic hydroxyl groups is 2. The molecule has 0 amide bonds. The Bertz CT molecular complexity index is 374. The fraction of sp³-hybridized carbons (Fsp3) is 0.800. The smallest absolute Gasteiger partial charge is 0.370 e. The predicted molar refractivity (Wildman–Crippen MR) is 50.9 cm³/mol. The Labute approximate surface area is 94.2 Å². The highest BCUT2D eigenvalue weighted by atomic mass is 31.2. The molecule has 0 radical (unpaired) electrons. The molecule has 0 aromatic rings. The molecule has 0 aliphatic rings. The topological polar surface area (TPSA) is 173 Å². The van der Waals surface area contributed by atoms with Crippen LogP contribution in [-0.2, 0) is 13.9 Å². The monoisotopic (exact) mass is 296 g/mol. The summed E-state index contributed by atoms with van der Waals surface area (Å²) in [7, 11) is -11.5. The summed E-state index contributed by atoms with van der Waals surface area (Å²) in [6, 6.07) is 0. The van der Waals surface area contributed by atoms with Crippen LogP contribution in [0.15, 0.2) is 0 Å². The summed E-state index contributed by atoms with van der Waals surface area (Å²) in [6.07, 6.45) is -3.50. The van der Waals surface area contributed by atoms with Crippen molar-refractivity contribution >= 4 is 21.5 Å². The van der Waals surface area contributed by atoms with Gasteiger partial charge in [-0.3, -0.25) is 13.9 Å². The highest BCUT2D eigenvalue weighted by Gasteiger charge is 2.63. The molecule has 0 heterocycles. The van der Waals surface area contributed by atoms with Gasteiger partial charge in [0.15, 0.2) is 6.29 Å². The molecule has 0 unspecified atom stereocenters. The SMILES string of the molecule is O=C[C@@](F)([C@@H]([C@H](O)CO)P(=O)(O)O)P(=O)(O)O. The van der Waals surface area contributed by atoms with Crippen molar-refractivity contribution in [2.75, 3.05) is 6.61 Å². The lowest BCUT2D eigenvalue weighted by Crippen LogP contribution is -2.48. The van der Waals surface area contributed by atoms with Crippen LogP contribution in [0.3, 0.4) is 0 Å². The van der Waals surface area contributed by atoms with E-state index in [1.807, 2.05) is 0 Å². The average Bonchev–Trinajstić information content (AvgIpc) is 2.13. The van der Waals surface area contributed by atoms with Gasteiger partial charge in [0.05, 0.1) is 12.7 Å². The summed E-state index contributed by atoms with van der Waals surface area (Å²) in [6.45, 7) is -1.39. The minimum absolute atomic E-state index is 0.990. The van der Waals surface area contributed by atoms with Gasteiger partial charge in [-0.05, 0) is 0 Å². The van der Waals surface area contributed by atoms with Gasteiger partial charge < -0.3 is 29.8 Å². The van der Waals surface area contributed by atoms with Crippen molar-refractivity contribution in [2.24, 2.45) is 0 Å². The van der Waals surface area contributed by atoms with Gasteiger partial charge in [0, 0.05) is 0 Å². The molecular weight excluding hydrogens is 285 g/mol. The van der Waals surface area contributed by atoms with Crippen LogP contribution in [0.1, 0.15) is 0 Å². The summed E-state index contributed by atoms with van der Waals surface area (Å²) < 4.78 is 35.3. The number of aliphatic hydroxyl groups excluding tert-OH is 2. The molecule has 6 N–H and O–H groups in total. The number of carbonyl (C=O) groups excluding carboxylic acids is 1. The molecule has 0 aliphatic carbocycles. The molecule has 0 spiro atoms. The van der Waals surface area contributed by atoms with Crippen LogP contribution in [0.5, 0.6) is 0 Å². The zero-order chi connectivity index (χ0) is 14.1. The molecule has 0 saturated heterocycles. The van der Waals surface area contributed by atoms with Crippen LogP contribution >= 0.6 is 15.2 Å². The Morgan fingerprint density at radius 3 is 1.82 bits per heavy atom. The second-order valence-electron chi connectivity index (χ2n) is 3.17. The maximum absolute atomic E-state index is 13.7. The van der Waals surface area contributed by atoms with Gasteiger partial charge in [0.2, 0.25) is 0 Å². The highest BCUT2D eigenvalue weighted by molar-refractivity contribution is 7.58. The molecule has 102 valence electrons. The summed E-state index contributed by atoms with van der Waals surface area (Å²) in [5.41, 5.74) is -3.06. The van der Waals surface area contributed by atoms with Gasteiger partial charge in [0.25, 0.3) is 5.41 Å². The molecule has 3 atom stereocenters. The molecule has 0 fully saturated rings. The van der Waals surface area contributed by atoms with Crippen LogP contribution in [0, 0.1) is 0 Å². The second-order valence-corrected chi connectivity index (χ2v) is 6.68. The Kier molecular flexibility index (Phi) is 5.16. The Hall–Kier alpha value is -0.180. The molecule has 0 rings (SSSR count). The molecule has 0 saturated carbocycles. The minimum Gasteiger partial charge on any atom is -0.394 e. The third-order valence-electron chi connectivity index (χ3n) is 1.94. The lowest BCUT2D eigenvalue weighted by Gasteiger charge is -2.32. The molecule has 0 aromatic carbocycles. The third-order valence-corrected chi connectivity index (χ3v) is 4.87. The first-order valence-electron chi connectivity index (χ1n) is 3.96. The van der Waals surface area contributed by atoms with Crippen molar-refractivity contribution in [3.63, 3.8) is 0 Å². The van der Waals surface area contributed by atoms with E-state index in [-0.39, 0.29) is 0 Å². The fourth-order valence-electron chi connectivity index (χ4n) is 1.14. The molecule has 12 heteroatoms. The zero-order valence-electron chi connectivity index (χ0n) is 8.12. The van der Waals surface area contributed by atoms with Crippen LogP contribution in [0.25, 0.3) is 0 Å². The summed E-state index contributed by atoms with van der Waals surface area (Å²) >= 11 is 0. The van der Waals surface area contributed by atoms with Crippen molar-refractivity contribution in [1.82, 2.24) is 0 Å². The molecule has 0 aliphatic heterocycles. The second kappa shape index (κ2) is 5.21. The van der Waals surface area contributed by atoms with Gasteiger partial charge in [0.1, 0.15) is 5.66 Å². The number of aldehydes is 1. The largest absolute Gasteiger partial charge is 0.394 e. The van der Waals surface area contributed by atoms with Crippen molar-refractivity contribution in [3.8, 4) is 0 Å². The van der Waals surface area contributed by atoms with Crippen LogP contribution in [0.4, 0.5) is 4.39 Å². The van der Waals surface area contributed by atoms with E-state index in [0.29, 0.717) is 0 Å². The van der Waals surface area contributed by atoms with E-state index in [9.17, 15) is 18.3 Å². The first kappa shape index (κ1) is 16.8. The van der Waals surface area contributed by atoms with Crippen molar-refractivity contribution < 1.29 is 48.1 Å². The van der Waals surface area contributed by atoms with E-state index in [4.69, 9.17) is 29.8 Å².